The van der Waals surface area contributed by atoms with Gasteiger partial charge in [0.05, 0.1) is 12.7 Å². The van der Waals surface area contributed by atoms with Crippen molar-refractivity contribution in [3.63, 3.8) is 0 Å². The van der Waals surface area contributed by atoms with Gasteiger partial charge in [0.2, 0.25) is 0 Å². The molecule has 0 heterocycles. The van der Waals surface area contributed by atoms with Crippen LogP contribution in [0.4, 0.5) is 0 Å². The molecule has 0 radical (unpaired) electrons. The molecule has 0 atom stereocenters. The highest BCUT2D eigenvalue weighted by atomic mass is 16.5. The molecule has 5 heteroatoms. The van der Waals surface area contributed by atoms with Gasteiger partial charge in [-0.15, -0.1) is 6.58 Å². The number of rotatable bonds is 13. The number of allylic oxidation sites excluding steroid dienone is 1. The van der Waals surface area contributed by atoms with Crippen LogP contribution >= 0.6 is 0 Å². The molecule has 0 aliphatic heterocycles. The summed E-state index contributed by atoms with van der Waals surface area (Å²) in [5.41, 5.74) is 0.377. The zero-order valence-corrected chi connectivity index (χ0v) is 17.6. The Hall–Kier alpha value is -3.08. The van der Waals surface area contributed by atoms with Crippen molar-refractivity contribution >= 4 is 11.9 Å². The van der Waals surface area contributed by atoms with Crippen molar-refractivity contribution in [2.75, 3.05) is 7.11 Å². The molecule has 30 heavy (non-hydrogen) atoms. The third-order valence-corrected chi connectivity index (χ3v) is 4.63. The Bertz CT molecular complexity index is 793. The number of esters is 2. The molecule has 0 amide bonds. The molecule has 0 saturated carbocycles. The Morgan fingerprint density at radius 1 is 0.767 bits per heavy atom. The van der Waals surface area contributed by atoms with E-state index in [1.54, 1.807) is 55.6 Å². The number of ether oxygens (including phenoxy) is 3. The Morgan fingerprint density at radius 3 is 1.93 bits per heavy atom. The standard InChI is InChI=1S/C25H30O5/c1-3-4-5-6-7-8-9-10-11-24(26)29-22-14-12-20(13-15-22)25(27)30-23-18-16-21(28-2)17-19-23/h3,12-19H,1,4-11H2,2H3. The van der Waals surface area contributed by atoms with Crippen LogP contribution in [0.3, 0.4) is 0 Å². The molecule has 2 aromatic rings. The van der Waals surface area contributed by atoms with Crippen molar-refractivity contribution in [3.05, 3.63) is 66.7 Å². The fourth-order valence-corrected chi connectivity index (χ4v) is 2.92. The SMILES string of the molecule is C=CCCCCCCCCC(=O)Oc1ccc(C(=O)Oc2ccc(OC)cc2)cc1. The van der Waals surface area contributed by atoms with E-state index in [-0.39, 0.29) is 5.97 Å². The lowest BCUT2D eigenvalue weighted by molar-refractivity contribution is -0.134. The Morgan fingerprint density at radius 2 is 1.30 bits per heavy atom. The topological polar surface area (TPSA) is 61.8 Å². The average molecular weight is 411 g/mol. The first-order chi connectivity index (χ1) is 14.6. The summed E-state index contributed by atoms with van der Waals surface area (Å²) in [6.07, 6.45) is 10.0. The quantitative estimate of drug-likeness (QED) is 0.172. The second-order valence-electron chi connectivity index (χ2n) is 7.01. The van der Waals surface area contributed by atoms with Crippen molar-refractivity contribution in [2.45, 2.75) is 51.4 Å². The van der Waals surface area contributed by atoms with Crippen LogP contribution in [-0.4, -0.2) is 19.0 Å². The molecule has 0 saturated heterocycles. The molecule has 0 aliphatic carbocycles. The minimum absolute atomic E-state index is 0.254. The summed E-state index contributed by atoms with van der Waals surface area (Å²) in [5.74, 6) is 0.799. The number of methoxy groups -OCH3 is 1. The van der Waals surface area contributed by atoms with E-state index < -0.39 is 5.97 Å². The highest BCUT2D eigenvalue weighted by Gasteiger charge is 2.10. The fourth-order valence-electron chi connectivity index (χ4n) is 2.92. The summed E-state index contributed by atoms with van der Waals surface area (Å²) < 4.78 is 15.7. The summed E-state index contributed by atoms with van der Waals surface area (Å²) in [4.78, 5) is 24.2. The molecule has 0 fully saturated rings. The molecule has 0 aromatic heterocycles. The van der Waals surface area contributed by atoms with Crippen LogP contribution in [0.25, 0.3) is 0 Å². The van der Waals surface area contributed by atoms with E-state index >= 15 is 0 Å². The third-order valence-electron chi connectivity index (χ3n) is 4.63. The van der Waals surface area contributed by atoms with Crippen molar-refractivity contribution in [1.82, 2.24) is 0 Å². The molecule has 5 nitrogen and oxygen atoms in total. The van der Waals surface area contributed by atoms with Gasteiger partial charge in [-0.3, -0.25) is 4.79 Å². The molecule has 0 unspecified atom stereocenters. The number of unbranched alkanes of at least 4 members (excludes halogenated alkanes) is 6. The van der Waals surface area contributed by atoms with Crippen LogP contribution in [0.5, 0.6) is 17.2 Å². The van der Waals surface area contributed by atoms with Gasteiger partial charge in [0.25, 0.3) is 0 Å². The molecular weight excluding hydrogens is 380 g/mol. The minimum Gasteiger partial charge on any atom is -0.497 e. The molecule has 2 rings (SSSR count). The smallest absolute Gasteiger partial charge is 0.343 e. The van der Waals surface area contributed by atoms with Crippen LogP contribution in [0, 0.1) is 0 Å². The van der Waals surface area contributed by atoms with Gasteiger partial charge in [-0.05, 0) is 67.8 Å². The van der Waals surface area contributed by atoms with Gasteiger partial charge in [-0.1, -0.05) is 31.8 Å². The lowest BCUT2D eigenvalue weighted by Crippen LogP contribution is -2.10. The van der Waals surface area contributed by atoms with E-state index in [4.69, 9.17) is 14.2 Å². The highest BCUT2D eigenvalue weighted by molar-refractivity contribution is 5.91. The second kappa shape index (κ2) is 13.2. The molecule has 0 aliphatic rings. The maximum absolute atomic E-state index is 12.2. The van der Waals surface area contributed by atoms with E-state index in [1.165, 1.54) is 19.3 Å². The Balaban J connectivity index is 1.69. The first-order valence-corrected chi connectivity index (χ1v) is 10.4. The number of carbonyl (C=O) groups is 2. The average Bonchev–Trinajstić information content (AvgIpc) is 2.76. The Labute approximate surface area is 178 Å². The van der Waals surface area contributed by atoms with Crippen LogP contribution in [0.15, 0.2) is 61.2 Å². The summed E-state index contributed by atoms with van der Waals surface area (Å²) >= 11 is 0. The van der Waals surface area contributed by atoms with Crippen molar-refractivity contribution in [3.8, 4) is 17.2 Å². The van der Waals surface area contributed by atoms with Gasteiger partial charge < -0.3 is 14.2 Å². The van der Waals surface area contributed by atoms with E-state index in [0.717, 1.165) is 25.7 Å². The zero-order valence-electron chi connectivity index (χ0n) is 17.6. The fraction of sp³-hybridized carbons (Fsp3) is 0.360. The normalized spacial score (nSPS) is 10.3. The van der Waals surface area contributed by atoms with Gasteiger partial charge in [0.1, 0.15) is 17.2 Å². The van der Waals surface area contributed by atoms with Crippen molar-refractivity contribution in [1.29, 1.82) is 0 Å². The maximum atomic E-state index is 12.2. The predicted octanol–water partition coefficient (Wildman–Crippen LogP) is 6.13. The number of hydrogen-bond donors (Lipinski definition) is 0. The highest BCUT2D eigenvalue weighted by Crippen LogP contribution is 2.19. The first-order valence-electron chi connectivity index (χ1n) is 10.4. The van der Waals surface area contributed by atoms with Gasteiger partial charge in [-0.25, -0.2) is 4.79 Å². The minimum atomic E-state index is -0.480. The summed E-state index contributed by atoms with van der Waals surface area (Å²) in [6, 6.07) is 13.1. The summed E-state index contributed by atoms with van der Waals surface area (Å²) in [7, 11) is 1.57. The van der Waals surface area contributed by atoms with Crippen LogP contribution in [0.2, 0.25) is 0 Å². The van der Waals surface area contributed by atoms with Crippen LogP contribution in [-0.2, 0) is 4.79 Å². The molecule has 2 aromatic carbocycles. The molecule has 0 spiro atoms. The van der Waals surface area contributed by atoms with Crippen LogP contribution < -0.4 is 14.2 Å². The molecule has 0 N–H and O–H groups in total. The number of hydrogen-bond acceptors (Lipinski definition) is 5. The lowest BCUT2D eigenvalue weighted by Gasteiger charge is -2.07. The largest absolute Gasteiger partial charge is 0.497 e. The van der Waals surface area contributed by atoms with Gasteiger partial charge in [0.15, 0.2) is 0 Å². The van der Waals surface area contributed by atoms with E-state index in [1.807, 2.05) is 6.08 Å². The molecule has 160 valence electrons. The lowest BCUT2D eigenvalue weighted by atomic mass is 10.1. The Kier molecular flexibility index (Phi) is 10.2. The van der Waals surface area contributed by atoms with Gasteiger partial charge in [-0.2, -0.15) is 0 Å². The summed E-state index contributed by atoms with van der Waals surface area (Å²) in [6.45, 7) is 3.72. The third kappa shape index (κ3) is 8.52. The van der Waals surface area contributed by atoms with Crippen LogP contribution in [0.1, 0.15) is 61.7 Å². The second-order valence-corrected chi connectivity index (χ2v) is 7.01. The molecular formula is C25H30O5. The number of benzene rings is 2. The van der Waals surface area contributed by atoms with Crippen molar-refractivity contribution in [2.24, 2.45) is 0 Å². The summed E-state index contributed by atoms with van der Waals surface area (Å²) in [5, 5.41) is 0. The van der Waals surface area contributed by atoms with Crippen molar-refractivity contribution < 1.29 is 23.8 Å². The van der Waals surface area contributed by atoms with Gasteiger partial charge >= 0.3 is 11.9 Å². The monoisotopic (exact) mass is 410 g/mol. The van der Waals surface area contributed by atoms with Gasteiger partial charge in [0, 0.05) is 6.42 Å². The number of carbonyl (C=O) groups excluding carboxylic acids is 2. The van der Waals surface area contributed by atoms with E-state index in [0.29, 0.717) is 29.2 Å². The van der Waals surface area contributed by atoms with E-state index in [2.05, 4.69) is 6.58 Å². The predicted molar refractivity (Wildman–Crippen MR) is 117 cm³/mol. The zero-order chi connectivity index (χ0) is 21.6. The first kappa shape index (κ1) is 23.2. The molecule has 0 bridgehead atoms. The maximum Gasteiger partial charge on any atom is 0.343 e. The van der Waals surface area contributed by atoms with E-state index in [9.17, 15) is 9.59 Å².